The van der Waals surface area contributed by atoms with Crippen molar-refractivity contribution in [1.82, 2.24) is 9.97 Å². The van der Waals surface area contributed by atoms with Gasteiger partial charge in [-0.15, -0.1) is 0 Å². The zero-order valence-electron chi connectivity index (χ0n) is 9.97. The third-order valence-electron chi connectivity index (χ3n) is 2.59. The molecule has 88 valence electrons. The van der Waals surface area contributed by atoms with Crippen LogP contribution in [0.2, 0.25) is 0 Å². The van der Waals surface area contributed by atoms with E-state index in [1.165, 1.54) is 5.56 Å². The van der Waals surface area contributed by atoms with Crippen LogP contribution in [0.5, 0.6) is 5.88 Å². The number of methoxy groups -OCH3 is 1. The molecule has 0 fully saturated rings. The van der Waals surface area contributed by atoms with E-state index in [0.29, 0.717) is 5.88 Å². The van der Waals surface area contributed by atoms with Crippen LogP contribution in [0.15, 0.2) is 30.3 Å². The number of benzene rings is 1. The summed E-state index contributed by atoms with van der Waals surface area (Å²) in [5.74, 6) is 0.700. The second-order valence-electron chi connectivity index (χ2n) is 3.70. The van der Waals surface area contributed by atoms with E-state index >= 15 is 0 Å². The maximum absolute atomic E-state index is 5.63. The number of hydrogen-bond donors (Lipinski definition) is 1. The van der Waals surface area contributed by atoms with Crippen molar-refractivity contribution in [3.63, 3.8) is 0 Å². The molecule has 0 aliphatic heterocycles. The molecule has 0 atom stereocenters. The van der Waals surface area contributed by atoms with Gasteiger partial charge < -0.3 is 10.5 Å². The highest BCUT2D eigenvalue weighted by Crippen LogP contribution is 2.22. The summed E-state index contributed by atoms with van der Waals surface area (Å²) in [6.45, 7) is 2.13. The number of aryl methyl sites for hydroxylation is 1. The lowest BCUT2D eigenvalue weighted by Crippen LogP contribution is -1.99. The van der Waals surface area contributed by atoms with Crippen LogP contribution in [-0.4, -0.2) is 17.1 Å². The van der Waals surface area contributed by atoms with Crippen LogP contribution in [-0.2, 0) is 6.42 Å². The van der Waals surface area contributed by atoms with Gasteiger partial charge in [-0.05, 0) is 12.0 Å². The molecular weight excluding hydrogens is 214 g/mol. The van der Waals surface area contributed by atoms with Crippen LogP contribution in [0.25, 0.3) is 11.3 Å². The van der Waals surface area contributed by atoms with E-state index in [4.69, 9.17) is 10.5 Å². The molecule has 0 bridgehead atoms. The van der Waals surface area contributed by atoms with E-state index in [9.17, 15) is 0 Å². The van der Waals surface area contributed by atoms with E-state index in [0.717, 1.165) is 17.7 Å². The van der Waals surface area contributed by atoms with Gasteiger partial charge in [0.25, 0.3) is 0 Å². The molecule has 2 aromatic rings. The predicted octanol–water partition coefficient (Wildman–Crippen LogP) is 2.30. The van der Waals surface area contributed by atoms with E-state index < -0.39 is 0 Å². The summed E-state index contributed by atoms with van der Waals surface area (Å²) in [6, 6.07) is 10.00. The maximum atomic E-state index is 5.63. The number of nitrogens with two attached hydrogens (primary N) is 1. The summed E-state index contributed by atoms with van der Waals surface area (Å²) < 4.78 is 5.07. The molecule has 1 aromatic carbocycles. The Morgan fingerprint density at radius 1 is 1.18 bits per heavy atom. The Morgan fingerprint density at radius 3 is 2.47 bits per heavy atom. The Morgan fingerprint density at radius 2 is 1.88 bits per heavy atom. The van der Waals surface area contributed by atoms with E-state index in [-0.39, 0.29) is 5.95 Å². The summed E-state index contributed by atoms with van der Waals surface area (Å²) >= 11 is 0. The summed E-state index contributed by atoms with van der Waals surface area (Å²) in [7, 11) is 1.56. The molecule has 0 saturated heterocycles. The third kappa shape index (κ3) is 2.53. The first kappa shape index (κ1) is 11.4. The molecule has 0 unspecified atom stereocenters. The number of rotatable bonds is 3. The Labute approximate surface area is 100 Å². The van der Waals surface area contributed by atoms with E-state index in [1.54, 1.807) is 13.2 Å². The van der Waals surface area contributed by atoms with Gasteiger partial charge in [-0.1, -0.05) is 31.2 Å². The lowest BCUT2D eigenvalue weighted by Gasteiger charge is -2.05. The number of anilines is 1. The van der Waals surface area contributed by atoms with Gasteiger partial charge in [-0.25, -0.2) is 4.98 Å². The van der Waals surface area contributed by atoms with Crippen molar-refractivity contribution >= 4 is 5.95 Å². The van der Waals surface area contributed by atoms with E-state index in [1.807, 2.05) is 12.1 Å². The average Bonchev–Trinajstić information content (AvgIpc) is 2.38. The van der Waals surface area contributed by atoms with Gasteiger partial charge in [0, 0.05) is 11.6 Å². The molecule has 17 heavy (non-hydrogen) atoms. The molecule has 0 radical (unpaired) electrons. The Hall–Kier alpha value is -2.10. The largest absolute Gasteiger partial charge is 0.481 e. The monoisotopic (exact) mass is 229 g/mol. The van der Waals surface area contributed by atoms with Crippen molar-refractivity contribution in [2.45, 2.75) is 13.3 Å². The Bertz CT molecular complexity index is 509. The number of ether oxygens (including phenoxy) is 1. The van der Waals surface area contributed by atoms with Crippen LogP contribution >= 0.6 is 0 Å². The zero-order chi connectivity index (χ0) is 12.3. The number of aromatic nitrogens is 2. The second-order valence-corrected chi connectivity index (χ2v) is 3.70. The molecule has 2 rings (SSSR count). The zero-order valence-corrected chi connectivity index (χ0v) is 9.97. The maximum Gasteiger partial charge on any atom is 0.223 e. The first-order valence-corrected chi connectivity index (χ1v) is 5.50. The molecule has 0 saturated carbocycles. The first-order valence-electron chi connectivity index (χ1n) is 5.50. The summed E-state index contributed by atoms with van der Waals surface area (Å²) in [4.78, 5) is 8.15. The third-order valence-corrected chi connectivity index (χ3v) is 2.59. The van der Waals surface area contributed by atoms with Crippen molar-refractivity contribution in [2.24, 2.45) is 0 Å². The van der Waals surface area contributed by atoms with Crippen LogP contribution in [0, 0.1) is 0 Å². The molecule has 0 amide bonds. The molecule has 1 heterocycles. The highest BCUT2D eigenvalue weighted by molar-refractivity contribution is 5.61. The van der Waals surface area contributed by atoms with Crippen LogP contribution in [0.4, 0.5) is 5.95 Å². The van der Waals surface area contributed by atoms with Crippen LogP contribution < -0.4 is 10.5 Å². The number of nitrogens with zero attached hydrogens (tertiary/aromatic N) is 2. The van der Waals surface area contributed by atoms with E-state index in [2.05, 4.69) is 29.0 Å². The quantitative estimate of drug-likeness (QED) is 0.877. The van der Waals surface area contributed by atoms with Gasteiger partial charge in [-0.3, -0.25) is 0 Å². The first-order chi connectivity index (χ1) is 8.22. The van der Waals surface area contributed by atoms with Crippen molar-refractivity contribution in [3.05, 3.63) is 35.9 Å². The number of nitrogen functional groups attached to an aromatic ring is 1. The molecular formula is C13H15N3O. The fourth-order valence-corrected chi connectivity index (χ4v) is 1.61. The molecule has 4 nitrogen and oxygen atoms in total. The van der Waals surface area contributed by atoms with Gasteiger partial charge >= 0.3 is 0 Å². The molecule has 0 aliphatic rings. The van der Waals surface area contributed by atoms with Crippen molar-refractivity contribution in [2.75, 3.05) is 12.8 Å². The topological polar surface area (TPSA) is 61.0 Å². The van der Waals surface area contributed by atoms with Crippen molar-refractivity contribution in [3.8, 4) is 17.1 Å². The molecule has 2 N–H and O–H groups in total. The second kappa shape index (κ2) is 4.82. The summed E-state index contributed by atoms with van der Waals surface area (Å²) in [5.41, 5.74) is 8.70. The molecule has 4 heteroatoms. The predicted molar refractivity (Wildman–Crippen MR) is 67.8 cm³/mol. The minimum absolute atomic E-state index is 0.221. The SMILES string of the molecule is CCc1ccc(-c2cc(OC)nc(N)n2)cc1. The normalized spacial score (nSPS) is 10.2. The number of hydrogen-bond acceptors (Lipinski definition) is 4. The van der Waals surface area contributed by atoms with Gasteiger partial charge in [0.1, 0.15) is 0 Å². The van der Waals surface area contributed by atoms with Crippen LogP contribution in [0.3, 0.4) is 0 Å². The lowest BCUT2D eigenvalue weighted by molar-refractivity contribution is 0.398. The Kier molecular flexibility index (Phi) is 3.23. The van der Waals surface area contributed by atoms with Gasteiger partial charge in [0.2, 0.25) is 11.8 Å². The highest BCUT2D eigenvalue weighted by Gasteiger charge is 2.04. The van der Waals surface area contributed by atoms with Gasteiger partial charge in [-0.2, -0.15) is 4.98 Å². The highest BCUT2D eigenvalue weighted by atomic mass is 16.5. The minimum Gasteiger partial charge on any atom is -0.481 e. The van der Waals surface area contributed by atoms with Crippen molar-refractivity contribution in [1.29, 1.82) is 0 Å². The fraction of sp³-hybridized carbons (Fsp3) is 0.231. The Balaban J connectivity index is 2.41. The van der Waals surface area contributed by atoms with Gasteiger partial charge in [0.05, 0.1) is 12.8 Å². The minimum atomic E-state index is 0.221. The van der Waals surface area contributed by atoms with Crippen molar-refractivity contribution < 1.29 is 4.74 Å². The fourth-order valence-electron chi connectivity index (χ4n) is 1.61. The lowest BCUT2D eigenvalue weighted by atomic mass is 10.1. The van der Waals surface area contributed by atoms with Crippen LogP contribution in [0.1, 0.15) is 12.5 Å². The smallest absolute Gasteiger partial charge is 0.223 e. The van der Waals surface area contributed by atoms with Gasteiger partial charge in [0.15, 0.2) is 0 Å². The molecule has 1 aromatic heterocycles. The molecule has 0 aliphatic carbocycles. The summed E-state index contributed by atoms with van der Waals surface area (Å²) in [5, 5.41) is 0. The average molecular weight is 229 g/mol. The molecule has 0 spiro atoms. The standard InChI is InChI=1S/C13H15N3O/c1-3-9-4-6-10(7-5-9)11-8-12(17-2)16-13(14)15-11/h4-8H,3H2,1-2H3,(H2,14,15,16). The summed E-state index contributed by atoms with van der Waals surface area (Å²) in [6.07, 6.45) is 1.02.